The van der Waals surface area contributed by atoms with Crippen LogP contribution in [0.25, 0.3) is 16.8 Å². The van der Waals surface area contributed by atoms with Crippen LogP contribution in [0.2, 0.25) is 0 Å². The fourth-order valence-electron chi connectivity index (χ4n) is 3.91. The summed E-state index contributed by atoms with van der Waals surface area (Å²) in [6, 6.07) is 6.67. The van der Waals surface area contributed by atoms with Crippen molar-refractivity contribution in [3.8, 4) is 11.1 Å². The minimum Gasteiger partial charge on any atom is -0.356 e. The Morgan fingerprint density at radius 1 is 1.16 bits per heavy atom. The maximum absolute atomic E-state index is 12.0. The van der Waals surface area contributed by atoms with Crippen molar-refractivity contribution in [1.82, 2.24) is 14.0 Å². The minimum atomic E-state index is 0.0501. The second kappa shape index (κ2) is 6.06. The lowest BCUT2D eigenvalue weighted by Gasteiger charge is -2.25. The zero-order valence-electron chi connectivity index (χ0n) is 15.1. The Morgan fingerprint density at radius 2 is 1.92 bits per heavy atom. The number of imidazole rings is 1. The maximum atomic E-state index is 12.0. The fourth-order valence-corrected chi connectivity index (χ4v) is 3.91. The largest absolute Gasteiger partial charge is 0.356 e. The average molecular weight is 336 g/mol. The lowest BCUT2D eigenvalue weighted by molar-refractivity contribution is 0.644. The van der Waals surface area contributed by atoms with Crippen molar-refractivity contribution in [3.63, 3.8) is 0 Å². The highest BCUT2D eigenvalue weighted by Crippen LogP contribution is 2.29. The molecular formula is C20H24N4O. The molecule has 3 aromatic rings. The van der Waals surface area contributed by atoms with Gasteiger partial charge in [0.1, 0.15) is 11.5 Å². The first-order chi connectivity index (χ1) is 12.0. The predicted octanol–water partition coefficient (Wildman–Crippen LogP) is 3.39. The summed E-state index contributed by atoms with van der Waals surface area (Å²) < 4.78 is 3.81. The molecule has 0 amide bonds. The monoisotopic (exact) mass is 336 g/mol. The van der Waals surface area contributed by atoms with Crippen molar-refractivity contribution in [1.29, 1.82) is 0 Å². The van der Waals surface area contributed by atoms with Crippen LogP contribution in [-0.2, 0) is 7.05 Å². The molecule has 0 aromatic carbocycles. The molecule has 3 heterocycles. The van der Waals surface area contributed by atoms with E-state index in [9.17, 15) is 4.79 Å². The number of hydrogen-bond donors (Lipinski definition) is 0. The number of anilines is 1. The molecule has 0 saturated heterocycles. The smallest absolute Gasteiger partial charge is 0.253 e. The molecule has 0 bridgehead atoms. The lowest BCUT2D eigenvalue weighted by atomic mass is 10.1. The third kappa shape index (κ3) is 2.73. The van der Waals surface area contributed by atoms with Crippen LogP contribution in [0.4, 0.5) is 5.82 Å². The van der Waals surface area contributed by atoms with Gasteiger partial charge in [-0.25, -0.2) is 4.98 Å². The van der Waals surface area contributed by atoms with E-state index in [1.54, 1.807) is 11.6 Å². The van der Waals surface area contributed by atoms with Crippen molar-refractivity contribution >= 4 is 11.5 Å². The summed E-state index contributed by atoms with van der Waals surface area (Å²) in [5.41, 5.74) is 3.89. The average Bonchev–Trinajstić information content (AvgIpc) is 3.27. The molecule has 0 aliphatic heterocycles. The van der Waals surface area contributed by atoms with E-state index >= 15 is 0 Å². The SMILES string of the molecule is Cc1cc(-c2ccc3ncc(N(C)C4CCCC4)n3c2)cn(C)c1=O. The van der Waals surface area contributed by atoms with Gasteiger partial charge in [0.05, 0.1) is 6.20 Å². The molecule has 1 aliphatic carbocycles. The molecule has 0 atom stereocenters. The zero-order chi connectivity index (χ0) is 17.6. The summed E-state index contributed by atoms with van der Waals surface area (Å²) >= 11 is 0. The van der Waals surface area contributed by atoms with Crippen molar-refractivity contribution in [2.24, 2.45) is 7.05 Å². The molecule has 3 aromatic heterocycles. The molecule has 5 heteroatoms. The predicted molar refractivity (Wildman–Crippen MR) is 101 cm³/mol. The molecular weight excluding hydrogens is 312 g/mol. The van der Waals surface area contributed by atoms with E-state index in [1.807, 2.05) is 31.5 Å². The Kier molecular flexibility index (Phi) is 3.86. The van der Waals surface area contributed by atoms with Gasteiger partial charge in [0.25, 0.3) is 5.56 Å². The van der Waals surface area contributed by atoms with Crippen LogP contribution in [0.5, 0.6) is 0 Å². The number of pyridine rings is 2. The highest BCUT2D eigenvalue weighted by atomic mass is 16.1. The van der Waals surface area contributed by atoms with Gasteiger partial charge in [-0.05, 0) is 43.5 Å². The Hall–Kier alpha value is -2.56. The van der Waals surface area contributed by atoms with Gasteiger partial charge in [-0.15, -0.1) is 0 Å². The van der Waals surface area contributed by atoms with Crippen molar-refractivity contribution in [3.05, 3.63) is 52.7 Å². The quantitative estimate of drug-likeness (QED) is 0.736. The van der Waals surface area contributed by atoms with Gasteiger partial charge >= 0.3 is 0 Å². The number of aromatic nitrogens is 3. The Labute approximate surface area is 147 Å². The van der Waals surface area contributed by atoms with Gasteiger partial charge in [0.2, 0.25) is 0 Å². The van der Waals surface area contributed by atoms with Gasteiger partial charge in [-0.2, -0.15) is 0 Å². The summed E-state index contributed by atoms with van der Waals surface area (Å²) in [4.78, 5) is 18.9. The number of aryl methyl sites for hydroxylation is 2. The van der Waals surface area contributed by atoms with E-state index in [2.05, 4.69) is 33.6 Å². The fraction of sp³-hybridized carbons (Fsp3) is 0.400. The van der Waals surface area contributed by atoms with Crippen molar-refractivity contribution < 1.29 is 0 Å². The molecule has 5 nitrogen and oxygen atoms in total. The summed E-state index contributed by atoms with van der Waals surface area (Å²) in [7, 11) is 3.97. The molecule has 0 radical (unpaired) electrons. The highest BCUT2D eigenvalue weighted by Gasteiger charge is 2.22. The first-order valence-corrected chi connectivity index (χ1v) is 8.92. The van der Waals surface area contributed by atoms with Crippen LogP contribution >= 0.6 is 0 Å². The summed E-state index contributed by atoms with van der Waals surface area (Å²) in [5, 5.41) is 0. The molecule has 130 valence electrons. The number of hydrogen-bond acceptors (Lipinski definition) is 3. The van der Waals surface area contributed by atoms with E-state index in [0.717, 1.165) is 28.2 Å². The van der Waals surface area contributed by atoms with Crippen molar-refractivity contribution in [2.45, 2.75) is 38.6 Å². The summed E-state index contributed by atoms with van der Waals surface area (Å²) in [6.07, 6.45) is 11.1. The van der Waals surface area contributed by atoms with Crippen molar-refractivity contribution in [2.75, 3.05) is 11.9 Å². The number of fused-ring (bicyclic) bond motifs is 1. The standard InChI is InChI=1S/C20H24N4O/c1-14-10-16(12-22(2)20(14)25)15-8-9-18-21-11-19(24(18)13-15)23(3)17-6-4-5-7-17/h8-13,17H,4-7H2,1-3H3. The third-order valence-electron chi connectivity index (χ3n) is 5.42. The van der Waals surface area contributed by atoms with Gasteiger partial charge in [-0.1, -0.05) is 12.8 Å². The van der Waals surface area contributed by atoms with E-state index in [1.165, 1.54) is 25.7 Å². The second-order valence-corrected chi connectivity index (χ2v) is 7.14. The van der Waals surface area contributed by atoms with Crippen LogP contribution in [0.1, 0.15) is 31.2 Å². The Morgan fingerprint density at radius 3 is 2.64 bits per heavy atom. The van der Waals surface area contributed by atoms with Crippen LogP contribution in [-0.4, -0.2) is 27.0 Å². The summed E-state index contributed by atoms with van der Waals surface area (Å²) in [5.74, 6) is 1.13. The van der Waals surface area contributed by atoms with Crippen LogP contribution in [0, 0.1) is 6.92 Å². The maximum Gasteiger partial charge on any atom is 0.253 e. The van der Waals surface area contributed by atoms with E-state index in [0.29, 0.717) is 6.04 Å². The number of nitrogens with zero attached hydrogens (tertiary/aromatic N) is 4. The van der Waals surface area contributed by atoms with Gasteiger partial charge < -0.3 is 9.47 Å². The molecule has 1 aliphatic rings. The molecule has 4 rings (SSSR count). The van der Waals surface area contributed by atoms with Gasteiger partial charge in [-0.3, -0.25) is 9.20 Å². The normalized spacial score (nSPS) is 15.2. The molecule has 0 spiro atoms. The zero-order valence-corrected chi connectivity index (χ0v) is 15.1. The third-order valence-corrected chi connectivity index (χ3v) is 5.42. The molecule has 1 fully saturated rings. The Bertz CT molecular complexity index is 953. The van der Waals surface area contributed by atoms with E-state index < -0.39 is 0 Å². The molecule has 0 N–H and O–H groups in total. The molecule has 1 saturated carbocycles. The minimum absolute atomic E-state index is 0.0501. The number of rotatable bonds is 3. The van der Waals surface area contributed by atoms with Crippen LogP contribution in [0.3, 0.4) is 0 Å². The molecule has 25 heavy (non-hydrogen) atoms. The Balaban J connectivity index is 1.79. The van der Waals surface area contributed by atoms with E-state index in [4.69, 9.17) is 0 Å². The van der Waals surface area contributed by atoms with Crippen LogP contribution < -0.4 is 10.5 Å². The first kappa shape index (κ1) is 15.9. The second-order valence-electron chi connectivity index (χ2n) is 7.14. The van der Waals surface area contributed by atoms with Gasteiger partial charge in [0.15, 0.2) is 0 Å². The van der Waals surface area contributed by atoms with Crippen LogP contribution in [0.15, 0.2) is 41.6 Å². The van der Waals surface area contributed by atoms with E-state index in [-0.39, 0.29) is 5.56 Å². The highest BCUT2D eigenvalue weighted by molar-refractivity contribution is 5.66. The first-order valence-electron chi connectivity index (χ1n) is 8.92. The topological polar surface area (TPSA) is 42.5 Å². The summed E-state index contributed by atoms with van der Waals surface area (Å²) in [6.45, 7) is 1.86. The van der Waals surface area contributed by atoms with Gasteiger partial charge in [0, 0.05) is 43.7 Å². The molecule has 0 unspecified atom stereocenters. The lowest BCUT2D eigenvalue weighted by Crippen LogP contribution is -2.29.